The van der Waals surface area contributed by atoms with Crippen LogP contribution in [0.5, 0.6) is 0 Å². The highest BCUT2D eigenvalue weighted by molar-refractivity contribution is 5.85. The molecule has 3 N–H and O–H groups in total. The van der Waals surface area contributed by atoms with Gasteiger partial charge in [0.15, 0.2) is 0 Å². The lowest BCUT2D eigenvalue weighted by Crippen LogP contribution is -2.51. The van der Waals surface area contributed by atoms with E-state index in [0.29, 0.717) is 26.2 Å². The number of hydrogen-bond donors (Lipinski definition) is 2. The van der Waals surface area contributed by atoms with Crippen molar-refractivity contribution in [3.8, 4) is 0 Å². The van der Waals surface area contributed by atoms with Crippen LogP contribution in [0.2, 0.25) is 0 Å². The molecule has 5 nitrogen and oxygen atoms in total. The van der Waals surface area contributed by atoms with Crippen LogP contribution in [0.4, 0.5) is 0 Å². The highest BCUT2D eigenvalue weighted by Crippen LogP contribution is 2.11. The number of nitrogens with two attached hydrogens (primary N) is 1. The zero-order chi connectivity index (χ0) is 13.4. The molecule has 2 atom stereocenters. The highest BCUT2D eigenvalue weighted by Gasteiger charge is 2.25. The van der Waals surface area contributed by atoms with Gasteiger partial charge in [0.1, 0.15) is 0 Å². The third-order valence-electron chi connectivity index (χ3n) is 3.33. The maximum Gasteiger partial charge on any atom is 0.239 e. The van der Waals surface area contributed by atoms with E-state index in [2.05, 4.69) is 5.32 Å². The molecule has 0 bridgehead atoms. The molecule has 0 aromatic heterocycles. The third-order valence-corrected chi connectivity index (χ3v) is 3.33. The molecule has 1 heterocycles. The van der Waals surface area contributed by atoms with Gasteiger partial charge in [0.05, 0.1) is 18.2 Å². The van der Waals surface area contributed by atoms with Crippen molar-refractivity contribution < 1.29 is 14.3 Å². The Morgan fingerprint density at radius 2 is 2.39 bits per heavy atom. The topological polar surface area (TPSA) is 73.6 Å². The van der Waals surface area contributed by atoms with E-state index in [1.165, 1.54) is 0 Å². The molecule has 0 aliphatic carbocycles. The van der Waals surface area contributed by atoms with Crippen molar-refractivity contribution >= 4 is 5.91 Å². The normalized spacial score (nSPS) is 22.7. The summed E-state index contributed by atoms with van der Waals surface area (Å²) in [6.07, 6.45) is 3.94. The Hall–Kier alpha value is -0.650. The molecular formula is C13H26N2O3. The van der Waals surface area contributed by atoms with Crippen LogP contribution in [0.1, 0.15) is 39.5 Å². The Kier molecular flexibility index (Phi) is 6.60. The molecule has 2 unspecified atom stereocenters. The molecule has 0 radical (unpaired) electrons. The first-order valence-electron chi connectivity index (χ1n) is 6.83. The van der Waals surface area contributed by atoms with Crippen LogP contribution in [0.3, 0.4) is 0 Å². The highest BCUT2D eigenvalue weighted by atomic mass is 16.5. The first-order chi connectivity index (χ1) is 8.56. The van der Waals surface area contributed by atoms with Gasteiger partial charge in [-0.3, -0.25) is 4.79 Å². The summed E-state index contributed by atoms with van der Waals surface area (Å²) in [4.78, 5) is 11.6. The van der Waals surface area contributed by atoms with Gasteiger partial charge in [-0.15, -0.1) is 0 Å². The van der Waals surface area contributed by atoms with Gasteiger partial charge in [-0.25, -0.2) is 0 Å². The average molecular weight is 258 g/mol. The maximum absolute atomic E-state index is 11.6. The second-order valence-corrected chi connectivity index (χ2v) is 5.09. The van der Waals surface area contributed by atoms with Crippen molar-refractivity contribution in [3.63, 3.8) is 0 Å². The van der Waals surface area contributed by atoms with Crippen molar-refractivity contribution in [1.82, 2.24) is 5.32 Å². The molecule has 0 aromatic carbocycles. The molecule has 1 fully saturated rings. The fraction of sp³-hybridized carbons (Fsp3) is 0.923. The van der Waals surface area contributed by atoms with E-state index in [1.54, 1.807) is 6.92 Å². The zero-order valence-electron chi connectivity index (χ0n) is 11.5. The predicted octanol–water partition coefficient (Wildman–Crippen LogP) is 0.816. The van der Waals surface area contributed by atoms with Gasteiger partial charge in [-0.1, -0.05) is 6.92 Å². The largest absolute Gasteiger partial charge is 0.379 e. The zero-order valence-corrected chi connectivity index (χ0v) is 11.5. The molecule has 5 heteroatoms. The second-order valence-electron chi connectivity index (χ2n) is 5.09. The Bertz CT molecular complexity index is 251. The fourth-order valence-electron chi connectivity index (χ4n) is 1.73. The Labute approximate surface area is 109 Å². The number of rotatable bonds is 8. The molecule has 1 saturated heterocycles. The molecule has 1 aliphatic rings. The number of ether oxygens (including phenoxy) is 2. The van der Waals surface area contributed by atoms with Crippen LogP contribution in [-0.4, -0.2) is 43.9 Å². The van der Waals surface area contributed by atoms with Crippen LogP contribution in [0.25, 0.3) is 0 Å². The van der Waals surface area contributed by atoms with Gasteiger partial charge in [0.2, 0.25) is 5.91 Å². The monoisotopic (exact) mass is 258 g/mol. The standard InChI is InChI=1S/C13H26N2O3/c1-3-13(2,14)12(16)15-7-5-8-17-10-11-6-4-9-18-11/h11H,3-10,14H2,1-2H3,(H,15,16). The lowest BCUT2D eigenvalue weighted by molar-refractivity contribution is -0.125. The van der Waals surface area contributed by atoms with Crippen LogP contribution in [0.15, 0.2) is 0 Å². The number of carbonyl (C=O) groups excluding carboxylic acids is 1. The molecule has 0 spiro atoms. The Morgan fingerprint density at radius 1 is 1.61 bits per heavy atom. The van der Waals surface area contributed by atoms with E-state index in [4.69, 9.17) is 15.2 Å². The van der Waals surface area contributed by atoms with E-state index in [-0.39, 0.29) is 12.0 Å². The summed E-state index contributed by atoms with van der Waals surface area (Å²) in [6.45, 7) is 6.43. The Balaban J connectivity index is 1.96. The number of carbonyl (C=O) groups is 1. The average Bonchev–Trinajstić information content (AvgIpc) is 2.86. The minimum absolute atomic E-state index is 0.0934. The van der Waals surface area contributed by atoms with E-state index >= 15 is 0 Å². The minimum atomic E-state index is -0.765. The second kappa shape index (κ2) is 7.71. The molecule has 1 rings (SSSR count). The number of nitrogens with one attached hydrogen (secondary N) is 1. The summed E-state index contributed by atoms with van der Waals surface area (Å²) in [5.41, 5.74) is 5.06. The van der Waals surface area contributed by atoms with Gasteiger partial charge in [0.25, 0.3) is 0 Å². The lowest BCUT2D eigenvalue weighted by atomic mass is 10.00. The van der Waals surface area contributed by atoms with Crippen molar-refractivity contribution in [2.45, 2.75) is 51.2 Å². The summed E-state index contributed by atoms with van der Waals surface area (Å²) in [5.74, 6) is -0.0934. The third kappa shape index (κ3) is 5.33. The molecule has 18 heavy (non-hydrogen) atoms. The first-order valence-corrected chi connectivity index (χ1v) is 6.83. The summed E-state index contributed by atoms with van der Waals surface area (Å²) >= 11 is 0. The smallest absolute Gasteiger partial charge is 0.239 e. The van der Waals surface area contributed by atoms with Crippen LogP contribution in [0, 0.1) is 0 Å². The predicted molar refractivity (Wildman–Crippen MR) is 70.3 cm³/mol. The summed E-state index contributed by atoms with van der Waals surface area (Å²) in [7, 11) is 0. The fourth-order valence-corrected chi connectivity index (χ4v) is 1.73. The van der Waals surface area contributed by atoms with E-state index in [9.17, 15) is 4.79 Å². The van der Waals surface area contributed by atoms with Crippen molar-refractivity contribution in [2.75, 3.05) is 26.4 Å². The molecule has 1 amide bonds. The van der Waals surface area contributed by atoms with E-state index in [0.717, 1.165) is 25.9 Å². The van der Waals surface area contributed by atoms with Gasteiger partial charge >= 0.3 is 0 Å². The first kappa shape index (κ1) is 15.4. The maximum atomic E-state index is 11.6. The summed E-state index contributed by atoms with van der Waals surface area (Å²) in [6, 6.07) is 0. The quantitative estimate of drug-likeness (QED) is 0.632. The summed E-state index contributed by atoms with van der Waals surface area (Å²) < 4.78 is 10.9. The Morgan fingerprint density at radius 3 is 3.00 bits per heavy atom. The summed E-state index contributed by atoms with van der Waals surface area (Å²) in [5, 5.41) is 2.83. The molecule has 0 saturated carbocycles. The minimum Gasteiger partial charge on any atom is -0.379 e. The SMILES string of the molecule is CCC(C)(N)C(=O)NCCCOCC1CCCO1. The van der Waals surface area contributed by atoms with Crippen molar-refractivity contribution in [1.29, 1.82) is 0 Å². The molecule has 1 aliphatic heterocycles. The number of amides is 1. The molecule has 106 valence electrons. The molecular weight excluding hydrogens is 232 g/mol. The van der Waals surface area contributed by atoms with Crippen molar-refractivity contribution in [2.24, 2.45) is 5.73 Å². The van der Waals surface area contributed by atoms with Crippen LogP contribution >= 0.6 is 0 Å². The van der Waals surface area contributed by atoms with Gasteiger partial charge in [-0.2, -0.15) is 0 Å². The van der Waals surface area contributed by atoms with Crippen molar-refractivity contribution in [3.05, 3.63) is 0 Å². The molecule has 0 aromatic rings. The van der Waals surface area contributed by atoms with Crippen LogP contribution in [-0.2, 0) is 14.3 Å². The van der Waals surface area contributed by atoms with Crippen LogP contribution < -0.4 is 11.1 Å². The van der Waals surface area contributed by atoms with Gasteiger partial charge in [-0.05, 0) is 32.6 Å². The lowest BCUT2D eigenvalue weighted by Gasteiger charge is -2.21. The van der Waals surface area contributed by atoms with Gasteiger partial charge < -0.3 is 20.5 Å². The van der Waals surface area contributed by atoms with Gasteiger partial charge in [0, 0.05) is 19.8 Å². The van der Waals surface area contributed by atoms with E-state index in [1.807, 2.05) is 6.92 Å². The van der Waals surface area contributed by atoms with E-state index < -0.39 is 5.54 Å². The number of hydrogen-bond acceptors (Lipinski definition) is 4.